The molecule has 0 saturated carbocycles. The van der Waals surface area contributed by atoms with Crippen molar-refractivity contribution in [1.82, 2.24) is 9.97 Å². The first-order chi connectivity index (χ1) is 7.70. The Morgan fingerprint density at radius 3 is 2.75 bits per heavy atom. The number of halogens is 2. The molecule has 3 nitrogen and oxygen atoms in total. The van der Waals surface area contributed by atoms with E-state index in [1.165, 1.54) is 12.4 Å². The van der Waals surface area contributed by atoms with Crippen molar-refractivity contribution in [2.75, 3.05) is 11.9 Å². The lowest BCUT2D eigenvalue weighted by atomic mass is 10.3. The molecule has 0 atom stereocenters. The molecule has 2 aromatic rings. The van der Waals surface area contributed by atoms with Crippen LogP contribution in [0.1, 0.15) is 0 Å². The van der Waals surface area contributed by atoms with E-state index in [1.807, 2.05) is 0 Å². The Morgan fingerprint density at radius 1 is 1.31 bits per heavy atom. The van der Waals surface area contributed by atoms with E-state index in [2.05, 4.69) is 25.9 Å². The number of benzene rings is 1. The number of nitrogens with zero attached hydrogens (tertiary/aromatic N) is 3. The van der Waals surface area contributed by atoms with Gasteiger partial charge in [-0.05, 0) is 28.1 Å². The van der Waals surface area contributed by atoms with Crippen LogP contribution in [-0.2, 0) is 0 Å². The molecule has 0 amide bonds. The maximum Gasteiger partial charge on any atom is 0.150 e. The van der Waals surface area contributed by atoms with Gasteiger partial charge in [-0.1, -0.05) is 12.1 Å². The molecule has 0 unspecified atom stereocenters. The second-order valence-corrected chi connectivity index (χ2v) is 4.06. The van der Waals surface area contributed by atoms with Crippen LogP contribution in [0.15, 0.2) is 41.3 Å². The fourth-order valence-corrected chi connectivity index (χ4v) is 1.88. The third-order valence-corrected chi connectivity index (χ3v) is 2.74. The Balaban J connectivity index is 2.44. The molecule has 0 radical (unpaired) electrons. The summed E-state index contributed by atoms with van der Waals surface area (Å²) in [6, 6.07) is 6.55. The predicted octanol–water partition coefficient (Wildman–Crippen LogP) is 3.15. The van der Waals surface area contributed by atoms with Crippen molar-refractivity contribution >= 4 is 27.4 Å². The number of hydrogen-bond donors (Lipinski definition) is 0. The minimum absolute atomic E-state index is 0.282. The quantitative estimate of drug-likeness (QED) is 0.847. The van der Waals surface area contributed by atoms with Crippen molar-refractivity contribution in [3.63, 3.8) is 0 Å². The van der Waals surface area contributed by atoms with Gasteiger partial charge in [0, 0.05) is 13.2 Å². The lowest BCUT2D eigenvalue weighted by Gasteiger charge is -2.19. The summed E-state index contributed by atoms with van der Waals surface area (Å²) in [5, 5.41) is 0. The predicted molar refractivity (Wildman–Crippen MR) is 64.2 cm³/mol. The van der Waals surface area contributed by atoms with Crippen LogP contribution >= 0.6 is 15.9 Å². The molecule has 0 fully saturated rings. The normalized spacial score (nSPS) is 10.2. The summed E-state index contributed by atoms with van der Waals surface area (Å²) in [5.74, 6) is 0.343. The van der Waals surface area contributed by atoms with Gasteiger partial charge in [-0.3, -0.25) is 0 Å². The molecule has 0 aliphatic carbocycles. The minimum Gasteiger partial charge on any atom is -0.326 e. The Hall–Kier alpha value is -1.49. The molecule has 1 heterocycles. The average molecular weight is 282 g/mol. The molecule has 0 aliphatic rings. The molecule has 5 heteroatoms. The van der Waals surface area contributed by atoms with Gasteiger partial charge in [0.2, 0.25) is 0 Å². The summed E-state index contributed by atoms with van der Waals surface area (Å²) in [4.78, 5) is 9.63. The van der Waals surface area contributed by atoms with Crippen LogP contribution in [0.2, 0.25) is 0 Å². The summed E-state index contributed by atoms with van der Waals surface area (Å²) in [6.07, 6.45) is 3.05. The van der Waals surface area contributed by atoms with E-state index in [-0.39, 0.29) is 5.82 Å². The van der Waals surface area contributed by atoms with E-state index in [4.69, 9.17) is 0 Å². The molecule has 16 heavy (non-hydrogen) atoms. The van der Waals surface area contributed by atoms with Crippen LogP contribution in [0.25, 0.3) is 0 Å². The highest BCUT2D eigenvalue weighted by Gasteiger charge is 2.12. The summed E-state index contributed by atoms with van der Waals surface area (Å²) < 4.78 is 14.3. The van der Waals surface area contributed by atoms with E-state index in [0.717, 1.165) is 4.47 Å². The summed E-state index contributed by atoms with van der Waals surface area (Å²) >= 11 is 3.33. The second-order valence-electron chi connectivity index (χ2n) is 3.20. The zero-order valence-electron chi connectivity index (χ0n) is 8.56. The molecule has 0 saturated heterocycles. The zero-order valence-corrected chi connectivity index (χ0v) is 10.1. The van der Waals surface area contributed by atoms with Crippen LogP contribution in [-0.4, -0.2) is 17.0 Å². The van der Waals surface area contributed by atoms with Crippen molar-refractivity contribution in [2.45, 2.75) is 0 Å². The van der Waals surface area contributed by atoms with Crippen molar-refractivity contribution < 1.29 is 4.39 Å². The smallest absolute Gasteiger partial charge is 0.150 e. The number of aromatic nitrogens is 2. The third-order valence-electron chi connectivity index (χ3n) is 2.18. The Labute approximate surface area is 101 Å². The first-order valence-corrected chi connectivity index (χ1v) is 5.43. The second kappa shape index (κ2) is 4.57. The largest absolute Gasteiger partial charge is 0.326 e. The number of rotatable bonds is 2. The Kier molecular flexibility index (Phi) is 3.14. The average Bonchev–Trinajstić information content (AvgIpc) is 2.29. The van der Waals surface area contributed by atoms with E-state index in [0.29, 0.717) is 11.5 Å². The van der Waals surface area contributed by atoms with E-state index >= 15 is 0 Å². The van der Waals surface area contributed by atoms with Crippen molar-refractivity contribution in [3.8, 4) is 0 Å². The number of para-hydroxylation sites is 1. The van der Waals surface area contributed by atoms with Gasteiger partial charge in [-0.2, -0.15) is 0 Å². The standard InChI is InChI=1S/C11H9BrFN3/c1-16(10-5-3-2-4-9(10)13)11-8(12)6-14-7-15-11/h2-7H,1H3. The van der Waals surface area contributed by atoms with Crippen LogP contribution in [0.4, 0.5) is 15.9 Å². The first kappa shape index (κ1) is 11.0. The van der Waals surface area contributed by atoms with Crippen molar-refractivity contribution in [1.29, 1.82) is 0 Å². The van der Waals surface area contributed by atoms with Gasteiger partial charge >= 0.3 is 0 Å². The maximum absolute atomic E-state index is 13.6. The van der Waals surface area contributed by atoms with Gasteiger partial charge in [0.1, 0.15) is 12.1 Å². The van der Waals surface area contributed by atoms with Gasteiger partial charge in [0.25, 0.3) is 0 Å². The van der Waals surface area contributed by atoms with Gasteiger partial charge in [-0.25, -0.2) is 14.4 Å². The maximum atomic E-state index is 13.6. The van der Waals surface area contributed by atoms with Crippen LogP contribution in [0, 0.1) is 5.82 Å². The lowest BCUT2D eigenvalue weighted by molar-refractivity contribution is 0.627. The van der Waals surface area contributed by atoms with Gasteiger partial charge in [-0.15, -0.1) is 0 Å². The van der Waals surface area contributed by atoms with Gasteiger partial charge in [0.05, 0.1) is 10.2 Å². The highest BCUT2D eigenvalue weighted by atomic mass is 79.9. The molecular formula is C11H9BrFN3. The fourth-order valence-electron chi connectivity index (χ4n) is 1.39. The Bertz CT molecular complexity index is 459. The first-order valence-electron chi connectivity index (χ1n) is 4.64. The molecule has 0 spiro atoms. The molecule has 82 valence electrons. The topological polar surface area (TPSA) is 29.0 Å². The van der Waals surface area contributed by atoms with Crippen LogP contribution in [0.3, 0.4) is 0 Å². The monoisotopic (exact) mass is 281 g/mol. The summed E-state index contributed by atoms with van der Waals surface area (Å²) in [5.41, 5.74) is 0.474. The minimum atomic E-state index is -0.282. The van der Waals surface area contributed by atoms with Gasteiger partial charge in [0.15, 0.2) is 5.82 Å². The summed E-state index contributed by atoms with van der Waals surface area (Å²) in [7, 11) is 1.76. The van der Waals surface area contributed by atoms with E-state index < -0.39 is 0 Å². The van der Waals surface area contributed by atoms with Crippen molar-refractivity contribution in [3.05, 3.63) is 47.1 Å². The fraction of sp³-hybridized carbons (Fsp3) is 0.0909. The number of anilines is 2. The zero-order chi connectivity index (χ0) is 11.5. The summed E-state index contributed by atoms with van der Waals surface area (Å²) in [6.45, 7) is 0. The van der Waals surface area contributed by atoms with Gasteiger partial charge < -0.3 is 4.90 Å². The molecule has 0 aliphatic heterocycles. The van der Waals surface area contributed by atoms with Crippen LogP contribution in [0.5, 0.6) is 0 Å². The Morgan fingerprint density at radius 2 is 2.06 bits per heavy atom. The van der Waals surface area contributed by atoms with E-state index in [1.54, 1.807) is 36.3 Å². The molecule has 0 bridgehead atoms. The SMILES string of the molecule is CN(c1ccccc1F)c1ncncc1Br. The molecule has 1 aromatic heterocycles. The van der Waals surface area contributed by atoms with Crippen molar-refractivity contribution in [2.24, 2.45) is 0 Å². The van der Waals surface area contributed by atoms with E-state index in [9.17, 15) is 4.39 Å². The third kappa shape index (κ3) is 2.04. The lowest BCUT2D eigenvalue weighted by Crippen LogP contribution is -2.13. The number of hydrogen-bond acceptors (Lipinski definition) is 3. The molecule has 0 N–H and O–H groups in total. The molecular weight excluding hydrogens is 273 g/mol. The molecule has 1 aromatic carbocycles. The highest BCUT2D eigenvalue weighted by Crippen LogP contribution is 2.29. The highest BCUT2D eigenvalue weighted by molar-refractivity contribution is 9.10. The molecule has 2 rings (SSSR count). The van der Waals surface area contributed by atoms with Crippen LogP contribution < -0.4 is 4.90 Å².